The zero-order valence-electron chi connectivity index (χ0n) is 9.71. The van der Waals surface area contributed by atoms with E-state index in [1.165, 1.54) is 0 Å². The zero-order valence-corrected chi connectivity index (χ0v) is 11.3. The molecule has 0 aliphatic heterocycles. The highest BCUT2D eigenvalue weighted by Crippen LogP contribution is 2.51. The van der Waals surface area contributed by atoms with Gasteiger partial charge in [-0.15, -0.1) is 0 Å². The molecule has 0 aromatic rings. The van der Waals surface area contributed by atoms with Gasteiger partial charge in [0.25, 0.3) is 0 Å². The molecule has 1 fully saturated rings. The number of ether oxygens (including phenoxy) is 1. The highest BCUT2D eigenvalue weighted by atomic mass is 35.7. The topological polar surface area (TPSA) is 43.4 Å². The summed E-state index contributed by atoms with van der Waals surface area (Å²) in [4.78, 5) is 0. The second-order valence-electron chi connectivity index (χ2n) is 5.22. The molecular formula is C10H19ClO3S. The van der Waals surface area contributed by atoms with Gasteiger partial charge in [0.2, 0.25) is 9.05 Å². The van der Waals surface area contributed by atoms with Crippen molar-refractivity contribution in [2.45, 2.75) is 63.4 Å². The first-order valence-corrected chi connectivity index (χ1v) is 7.51. The summed E-state index contributed by atoms with van der Waals surface area (Å²) >= 11 is 0. The molecule has 0 aromatic heterocycles. The van der Waals surface area contributed by atoms with Crippen LogP contribution in [0.2, 0.25) is 0 Å². The van der Waals surface area contributed by atoms with E-state index in [0.717, 1.165) is 0 Å². The van der Waals surface area contributed by atoms with Crippen LogP contribution in [0.25, 0.3) is 0 Å². The third kappa shape index (κ3) is 3.33. The average molecular weight is 255 g/mol. The molecule has 0 aromatic carbocycles. The summed E-state index contributed by atoms with van der Waals surface area (Å²) in [6.45, 7) is 7.71. The second kappa shape index (κ2) is 3.90. The average Bonchev–Trinajstić information content (AvgIpc) is 2.61. The van der Waals surface area contributed by atoms with Crippen LogP contribution in [-0.4, -0.2) is 24.9 Å². The number of halogens is 1. The SMILES string of the molecule is CC(C)OC(C)(C)CC1(S(=O)(=O)Cl)CC1. The highest BCUT2D eigenvalue weighted by Gasteiger charge is 2.56. The lowest BCUT2D eigenvalue weighted by Crippen LogP contribution is -2.35. The highest BCUT2D eigenvalue weighted by molar-refractivity contribution is 8.15. The van der Waals surface area contributed by atoms with Crippen LogP contribution in [0.15, 0.2) is 0 Å². The van der Waals surface area contributed by atoms with Gasteiger partial charge in [-0.25, -0.2) is 8.42 Å². The van der Waals surface area contributed by atoms with Gasteiger partial charge in [0.1, 0.15) is 0 Å². The molecule has 0 radical (unpaired) electrons. The molecule has 0 bridgehead atoms. The molecule has 90 valence electrons. The fraction of sp³-hybridized carbons (Fsp3) is 1.00. The van der Waals surface area contributed by atoms with Crippen LogP contribution in [0.3, 0.4) is 0 Å². The van der Waals surface area contributed by atoms with E-state index in [4.69, 9.17) is 15.4 Å². The van der Waals surface area contributed by atoms with Crippen LogP contribution in [0.5, 0.6) is 0 Å². The summed E-state index contributed by atoms with van der Waals surface area (Å²) in [5.74, 6) is 0. The van der Waals surface area contributed by atoms with E-state index in [9.17, 15) is 8.42 Å². The van der Waals surface area contributed by atoms with Crippen LogP contribution in [0.4, 0.5) is 0 Å². The minimum absolute atomic E-state index is 0.0915. The molecule has 0 spiro atoms. The minimum Gasteiger partial charge on any atom is -0.373 e. The molecule has 1 aliphatic rings. The van der Waals surface area contributed by atoms with E-state index in [1.807, 2.05) is 27.7 Å². The smallest absolute Gasteiger partial charge is 0.238 e. The van der Waals surface area contributed by atoms with E-state index < -0.39 is 19.4 Å². The van der Waals surface area contributed by atoms with Gasteiger partial charge in [-0.2, -0.15) is 0 Å². The van der Waals surface area contributed by atoms with Crippen molar-refractivity contribution in [3.8, 4) is 0 Å². The second-order valence-corrected chi connectivity index (χ2v) is 8.18. The first-order valence-electron chi connectivity index (χ1n) is 5.20. The molecule has 3 nitrogen and oxygen atoms in total. The summed E-state index contributed by atoms with van der Waals surface area (Å²) in [5.41, 5.74) is -0.438. The van der Waals surface area contributed by atoms with Crippen molar-refractivity contribution in [2.75, 3.05) is 0 Å². The lowest BCUT2D eigenvalue weighted by molar-refractivity contribution is -0.0616. The maximum Gasteiger partial charge on any atom is 0.238 e. The fourth-order valence-electron chi connectivity index (χ4n) is 2.10. The van der Waals surface area contributed by atoms with Crippen LogP contribution >= 0.6 is 10.7 Å². The van der Waals surface area contributed by atoms with Crippen molar-refractivity contribution in [1.29, 1.82) is 0 Å². The Hall–Kier alpha value is 0.200. The van der Waals surface area contributed by atoms with Crippen molar-refractivity contribution in [2.24, 2.45) is 0 Å². The molecule has 0 amide bonds. The Morgan fingerprint density at radius 3 is 2.13 bits per heavy atom. The standard InChI is InChI=1S/C10H19ClO3S/c1-8(2)14-9(3,4)7-10(5-6-10)15(11,12)13/h8H,5-7H2,1-4H3. The van der Waals surface area contributed by atoms with Gasteiger partial charge < -0.3 is 4.74 Å². The Morgan fingerprint density at radius 2 is 1.87 bits per heavy atom. The molecule has 0 saturated heterocycles. The Bertz CT molecular complexity index is 329. The van der Waals surface area contributed by atoms with E-state index >= 15 is 0 Å². The number of hydrogen-bond donors (Lipinski definition) is 0. The van der Waals surface area contributed by atoms with E-state index in [0.29, 0.717) is 19.3 Å². The van der Waals surface area contributed by atoms with Crippen molar-refractivity contribution in [3.05, 3.63) is 0 Å². The summed E-state index contributed by atoms with van der Waals surface area (Å²) in [6.07, 6.45) is 1.88. The van der Waals surface area contributed by atoms with Gasteiger partial charge in [-0.1, -0.05) is 0 Å². The van der Waals surface area contributed by atoms with Gasteiger partial charge >= 0.3 is 0 Å². The molecule has 5 heteroatoms. The van der Waals surface area contributed by atoms with Gasteiger partial charge in [0, 0.05) is 10.7 Å². The number of rotatable bonds is 5. The van der Waals surface area contributed by atoms with Crippen LogP contribution in [-0.2, 0) is 13.8 Å². The van der Waals surface area contributed by atoms with Crippen molar-refractivity contribution in [3.63, 3.8) is 0 Å². The van der Waals surface area contributed by atoms with Crippen LogP contribution in [0, 0.1) is 0 Å². The minimum atomic E-state index is -3.47. The molecule has 0 unspecified atom stereocenters. The maximum absolute atomic E-state index is 11.4. The third-order valence-electron chi connectivity index (χ3n) is 2.63. The van der Waals surface area contributed by atoms with Crippen molar-refractivity contribution >= 4 is 19.7 Å². The Labute approximate surface area is 96.6 Å². The Morgan fingerprint density at radius 1 is 1.40 bits per heavy atom. The first-order chi connectivity index (χ1) is 6.58. The fourth-order valence-corrected chi connectivity index (χ4v) is 3.84. The van der Waals surface area contributed by atoms with E-state index in [1.54, 1.807) is 0 Å². The first kappa shape index (κ1) is 13.3. The molecule has 1 rings (SSSR count). The monoisotopic (exact) mass is 254 g/mol. The Kier molecular flexibility index (Phi) is 3.45. The predicted molar refractivity (Wildman–Crippen MR) is 61.7 cm³/mol. The largest absolute Gasteiger partial charge is 0.373 e. The van der Waals surface area contributed by atoms with Gasteiger partial charge in [0.05, 0.1) is 16.5 Å². The van der Waals surface area contributed by atoms with Crippen molar-refractivity contribution < 1.29 is 13.2 Å². The molecule has 1 saturated carbocycles. The molecule has 0 N–H and O–H groups in total. The quantitative estimate of drug-likeness (QED) is 0.709. The summed E-state index contributed by atoms with van der Waals surface area (Å²) in [7, 11) is 1.98. The summed E-state index contributed by atoms with van der Waals surface area (Å²) in [5, 5.41) is 0. The van der Waals surface area contributed by atoms with Crippen LogP contribution in [0.1, 0.15) is 47.0 Å². The summed E-state index contributed by atoms with van der Waals surface area (Å²) in [6, 6.07) is 0. The van der Waals surface area contributed by atoms with Gasteiger partial charge in [0.15, 0.2) is 0 Å². The predicted octanol–water partition coefficient (Wildman–Crippen LogP) is 2.68. The van der Waals surface area contributed by atoms with Gasteiger partial charge in [-0.05, 0) is 47.0 Å². The van der Waals surface area contributed by atoms with Gasteiger partial charge in [-0.3, -0.25) is 0 Å². The molecular weight excluding hydrogens is 236 g/mol. The molecule has 15 heavy (non-hydrogen) atoms. The van der Waals surface area contributed by atoms with E-state index in [-0.39, 0.29) is 6.10 Å². The molecule has 1 aliphatic carbocycles. The maximum atomic E-state index is 11.4. The van der Waals surface area contributed by atoms with Crippen molar-refractivity contribution in [1.82, 2.24) is 0 Å². The third-order valence-corrected chi connectivity index (χ3v) is 5.20. The lowest BCUT2D eigenvalue weighted by Gasteiger charge is -2.30. The number of hydrogen-bond acceptors (Lipinski definition) is 3. The summed E-state index contributed by atoms with van der Waals surface area (Å²) < 4.78 is 27.7. The lowest BCUT2D eigenvalue weighted by atomic mass is 10.0. The normalized spacial score (nSPS) is 20.7. The Balaban J connectivity index is 2.70. The van der Waals surface area contributed by atoms with Crippen LogP contribution < -0.4 is 0 Å². The molecule has 0 heterocycles. The molecule has 0 atom stereocenters. The zero-order chi connectivity index (χ0) is 11.9. The van der Waals surface area contributed by atoms with E-state index in [2.05, 4.69) is 0 Å².